The Labute approximate surface area is 151 Å². The number of halogens is 1. The van der Waals surface area contributed by atoms with Crippen molar-refractivity contribution < 1.29 is 9.63 Å². The average Bonchev–Trinajstić information content (AvgIpc) is 3.27. The molecule has 2 aromatic carbocycles. The van der Waals surface area contributed by atoms with Crippen molar-refractivity contribution in [2.75, 3.05) is 6.61 Å². The van der Waals surface area contributed by atoms with Crippen LogP contribution in [-0.2, 0) is 6.54 Å². The molecule has 126 valence electrons. The summed E-state index contributed by atoms with van der Waals surface area (Å²) in [6.45, 7) is 0.751. The minimum absolute atomic E-state index is 0.125. The highest BCUT2D eigenvalue weighted by atomic mass is 79.9. The van der Waals surface area contributed by atoms with Gasteiger partial charge in [0, 0.05) is 23.2 Å². The Bertz CT molecular complexity index is 1030. The minimum atomic E-state index is 0.125. The number of fused-ring (bicyclic) bond motifs is 1. The van der Waals surface area contributed by atoms with Gasteiger partial charge in [-0.15, -0.1) is 5.10 Å². The molecular weight excluding hydrogens is 386 g/mol. The fraction of sp³-hybridized carbons (Fsp3) is 0.176. The first-order valence-corrected chi connectivity index (χ1v) is 8.58. The van der Waals surface area contributed by atoms with Crippen LogP contribution in [0.3, 0.4) is 0 Å². The summed E-state index contributed by atoms with van der Waals surface area (Å²) in [6, 6.07) is 13.4. The summed E-state index contributed by atoms with van der Waals surface area (Å²) in [5.41, 5.74) is 3.32. The van der Waals surface area contributed by atoms with Crippen LogP contribution in [-0.4, -0.2) is 36.8 Å². The van der Waals surface area contributed by atoms with E-state index in [1.165, 1.54) is 0 Å². The van der Waals surface area contributed by atoms with Crippen LogP contribution in [0.25, 0.3) is 33.9 Å². The highest BCUT2D eigenvalue weighted by molar-refractivity contribution is 9.10. The minimum Gasteiger partial charge on any atom is -0.396 e. The monoisotopic (exact) mass is 399 g/mol. The summed E-state index contributed by atoms with van der Waals surface area (Å²) in [7, 11) is 0. The van der Waals surface area contributed by atoms with Gasteiger partial charge in [-0.2, -0.15) is 4.98 Å². The van der Waals surface area contributed by atoms with Gasteiger partial charge >= 0.3 is 0 Å². The van der Waals surface area contributed by atoms with E-state index in [2.05, 4.69) is 36.4 Å². The van der Waals surface area contributed by atoms with Gasteiger partial charge < -0.3 is 9.63 Å². The lowest BCUT2D eigenvalue weighted by atomic mass is 10.2. The van der Waals surface area contributed by atoms with Crippen molar-refractivity contribution in [2.24, 2.45) is 0 Å². The Balaban J connectivity index is 1.67. The van der Waals surface area contributed by atoms with Crippen LogP contribution in [0.2, 0.25) is 0 Å². The maximum Gasteiger partial charge on any atom is 0.259 e. The number of rotatable bonds is 5. The third-order valence-corrected chi connectivity index (χ3v) is 4.52. The Hall–Kier alpha value is -2.58. The molecule has 0 aliphatic carbocycles. The largest absolute Gasteiger partial charge is 0.396 e. The third-order valence-electron chi connectivity index (χ3n) is 3.83. The Morgan fingerprint density at radius 1 is 1.16 bits per heavy atom. The van der Waals surface area contributed by atoms with Gasteiger partial charge in [-0.05, 0) is 52.7 Å². The van der Waals surface area contributed by atoms with Gasteiger partial charge in [0.2, 0.25) is 5.82 Å². The van der Waals surface area contributed by atoms with E-state index in [-0.39, 0.29) is 6.61 Å². The van der Waals surface area contributed by atoms with Crippen molar-refractivity contribution in [3.8, 4) is 22.8 Å². The van der Waals surface area contributed by atoms with Crippen LogP contribution in [0.15, 0.2) is 51.5 Å². The number of aryl methyl sites for hydroxylation is 1. The molecule has 7 nitrogen and oxygen atoms in total. The van der Waals surface area contributed by atoms with Crippen LogP contribution < -0.4 is 0 Å². The van der Waals surface area contributed by atoms with Crippen molar-refractivity contribution in [3.05, 3.63) is 46.9 Å². The summed E-state index contributed by atoms with van der Waals surface area (Å²) >= 11 is 3.49. The molecule has 2 aromatic heterocycles. The van der Waals surface area contributed by atoms with E-state index in [9.17, 15) is 0 Å². The first-order chi connectivity index (χ1) is 12.3. The molecule has 0 saturated carbocycles. The van der Waals surface area contributed by atoms with Gasteiger partial charge in [-0.3, -0.25) is 0 Å². The number of benzene rings is 2. The van der Waals surface area contributed by atoms with Crippen LogP contribution in [0, 0.1) is 0 Å². The zero-order valence-corrected chi connectivity index (χ0v) is 14.7. The van der Waals surface area contributed by atoms with Crippen LogP contribution >= 0.6 is 15.9 Å². The number of aromatic nitrogens is 5. The molecule has 2 heterocycles. The Morgan fingerprint density at radius 2 is 2.04 bits per heavy atom. The van der Waals surface area contributed by atoms with E-state index in [1.54, 1.807) is 4.68 Å². The lowest BCUT2D eigenvalue weighted by Crippen LogP contribution is -2.01. The molecule has 0 radical (unpaired) electrons. The fourth-order valence-corrected chi connectivity index (χ4v) is 3.04. The van der Waals surface area contributed by atoms with E-state index in [0.29, 0.717) is 24.7 Å². The summed E-state index contributed by atoms with van der Waals surface area (Å²) in [6.07, 6.45) is 0.639. The summed E-state index contributed by atoms with van der Waals surface area (Å²) < 4.78 is 8.07. The van der Waals surface area contributed by atoms with E-state index in [4.69, 9.17) is 9.63 Å². The van der Waals surface area contributed by atoms with Crippen molar-refractivity contribution in [1.29, 1.82) is 0 Å². The van der Waals surface area contributed by atoms with Crippen molar-refractivity contribution in [2.45, 2.75) is 13.0 Å². The molecule has 25 heavy (non-hydrogen) atoms. The molecule has 1 N–H and O–H groups in total. The summed E-state index contributed by atoms with van der Waals surface area (Å²) in [5.74, 6) is 0.951. The normalized spacial score (nSPS) is 11.3. The second kappa shape index (κ2) is 6.73. The first kappa shape index (κ1) is 15.9. The zero-order valence-electron chi connectivity index (χ0n) is 13.1. The molecule has 0 saturated heterocycles. The summed E-state index contributed by atoms with van der Waals surface area (Å²) in [4.78, 5) is 4.48. The topological polar surface area (TPSA) is 89.9 Å². The van der Waals surface area contributed by atoms with E-state index < -0.39 is 0 Å². The number of aliphatic hydroxyl groups excluding tert-OH is 1. The van der Waals surface area contributed by atoms with Crippen LogP contribution in [0.1, 0.15) is 6.42 Å². The molecule has 0 bridgehead atoms. The zero-order chi connectivity index (χ0) is 17.2. The van der Waals surface area contributed by atoms with Gasteiger partial charge in [-0.25, -0.2) is 4.68 Å². The summed E-state index contributed by atoms with van der Waals surface area (Å²) in [5, 5.41) is 21.3. The average molecular weight is 400 g/mol. The highest BCUT2D eigenvalue weighted by Crippen LogP contribution is 2.29. The molecule has 4 aromatic rings. The maximum atomic E-state index is 8.95. The maximum absolute atomic E-state index is 8.95. The number of aliphatic hydroxyl groups is 1. The second-order valence-corrected chi connectivity index (χ2v) is 6.35. The lowest BCUT2D eigenvalue weighted by molar-refractivity contribution is 0.277. The molecule has 8 heteroatoms. The van der Waals surface area contributed by atoms with Crippen LogP contribution in [0.5, 0.6) is 0 Å². The predicted molar refractivity (Wildman–Crippen MR) is 95.7 cm³/mol. The van der Waals surface area contributed by atoms with Gasteiger partial charge in [0.25, 0.3) is 5.89 Å². The first-order valence-electron chi connectivity index (χ1n) is 7.79. The Morgan fingerprint density at radius 3 is 2.88 bits per heavy atom. The van der Waals surface area contributed by atoms with Gasteiger partial charge in [0.05, 0.1) is 11.1 Å². The van der Waals surface area contributed by atoms with Crippen molar-refractivity contribution in [1.82, 2.24) is 25.1 Å². The molecule has 0 atom stereocenters. The SMILES string of the molecule is OCCCn1nnc2cc(-c3noc(-c4ccccc4Br)n3)ccc21. The third kappa shape index (κ3) is 3.06. The molecule has 0 amide bonds. The van der Waals surface area contributed by atoms with E-state index in [1.807, 2.05) is 42.5 Å². The highest BCUT2D eigenvalue weighted by Gasteiger charge is 2.14. The Kier molecular flexibility index (Phi) is 4.29. The van der Waals surface area contributed by atoms with Gasteiger partial charge in [-0.1, -0.05) is 22.5 Å². The molecule has 0 spiro atoms. The predicted octanol–water partition coefficient (Wildman–Crippen LogP) is 3.29. The molecule has 0 fully saturated rings. The van der Waals surface area contributed by atoms with Crippen LogP contribution in [0.4, 0.5) is 0 Å². The van der Waals surface area contributed by atoms with Gasteiger partial charge in [0.15, 0.2) is 0 Å². The standard InChI is InChI=1S/C17H14BrN5O2/c18-13-5-2-1-4-12(13)17-19-16(21-25-17)11-6-7-15-14(10-11)20-22-23(15)8-3-9-24/h1-2,4-7,10,24H,3,8-9H2. The molecular formula is C17H14BrN5O2. The molecule has 0 aliphatic heterocycles. The number of hydrogen-bond acceptors (Lipinski definition) is 6. The second-order valence-electron chi connectivity index (χ2n) is 5.50. The van der Waals surface area contributed by atoms with Crippen molar-refractivity contribution >= 4 is 27.0 Å². The number of nitrogens with zero attached hydrogens (tertiary/aromatic N) is 5. The lowest BCUT2D eigenvalue weighted by Gasteiger charge is -2.00. The molecule has 0 unspecified atom stereocenters. The van der Waals surface area contributed by atoms with E-state index in [0.717, 1.165) is 26.6 Å². The van der Waals surface area contributed by atoms with Gasteiger partial charge in [0.1, 0.15) is 5.52 Å². The smallest absolute Gasteiger partial charge is 0.259 e. The molecule has 4 rings (SSSR count). The molecule has 0 aliphatic rings. The van der Waals surface area contributed by atoms with E-state index >= 15 is 0 Å². The number of hydrogen-bond donors (Lipinski definition) is 1. The quantitative estimate of drug-likeness (QED) is 0.553. The fourth-order valence-electron chi connectivity index (χ4n) is 2.58. The van der Waals surface area contributed by atoms with Crippen molar-refractivity contribution in [3.63, 3.8) is 0 Å².